The third-order valence-electron chi connectivity index (χ3n) is 7.23. The quantitative estimate of drug-likeness (QED) is 0.0449. The molecule has 3 aromatic carbocycles. The predicted molar refractivity (Wildman–Crippen MR) is 173 cm³/mol. The number of hydrogen-bond donors (Lipinski definition) is 0. The van der Waals surface area contributed by atoms with Gasteiger partial charge in [0, 0.05) is 18.6 Å². The van der Waals surface area contributed by atoms with Crippen molar-refractivity contribution in [3.63, 3.8) is 0 Å². The Labute approximate surface area is 252 Å². The molecule has 0 bridgehead atoms. The normalized spacial score (nSPS) is 11.1. The Bertz CT molecular complexity index is 1240. The highest BCUT2D eigenvalue weighted by Crippen LogP contribution is 2.17. The molecule has 0 atom stereocenters. The highest BCUT2D eigenvalue weighted by Gasteiger charge is 2.05. The van der Waals surface area contributed by atoms with E-state index >= 15 is 0 Å². The van der Waals surface area contributed by atoms with E-state index in [0.717, 1.165) is 43.4 Å². The van der Waals surface area contributed by atoms with E-state index in [1.807, 2.05) is 37.3 Å². The number of allylic oxidation sites excluding steroid dienone is 2. The molecule has 0 aliphatic heterocycles. The average Bonchev–Trinajstić information content (AvgIpc) is 3.01. The number of ketones is 1. The minimum Gasteiger partial charge on any atom is -0.427 e. The summed E-state index contributed by atoms with van der Waals surface area (Å²) >= 11 is 0. The Hall–Kier alpha value is -3.76. The predicted octanol–water partition coefficient (Wildman–Crippen LogP) is 10.0. The van der Waals surface area contributed by atoms with Gasteiger partial charge < -0.3 is 9.47 Å². The van der Waals surface area contributed by atoms with E-state index in [1.54, 1.807) is 36.4 Å². The Balaban J connectivity index is 1.12. The minimum atomic E-state index is -0.192. The van der Waals surface area contributed by atoms with Crippen LogP contribution in [0.4, 0.5) is 0 Å². The number of hydrogen-bond acceptors (Lipinski definition) is 4. The second-order valence-electron chi connectivity index (χ2n) is 10.9. The number of benzene rings is 3. The molecule has 3 aromatic rings. The number of esters is 1. The zero-order valence-corrected chi connectivity index (χ0v) is 25.2. The van der Waals surface area contributed by atoms with Gasteiger partial charge >= 0.3 is 5.97 Å². The molecule has 0 unspecified atom stereocenters. The summed E-state index contributed by atoms with van der Waals surface area (Å²) < 4.78 is 11.3. The maximum Gasteiger partial charge on any atom is 0.311 e. The van der Waals surface area contributed by atoms with Crippen LogP contribution < -0.4 is 4.74 Å². The zero-order valence-electron chi connectivity index (χ0n) is 25.2. The number of carbonyl (C=O) groups excluding carboxylic acids is 2. The molecular formula is C38H46O4. The van der Waals surface area contributed by atoms with Crippen molar-refractivity contribution in [2.75, 3.05) is 6.61 Å². The molecule has 42 heavy (non-hydrogen) atoms. The van der Waals surface area contributed by atoms with Crippen LogP contribution in [0.15, 0.2) is 91.5 Å². The van der Waals surface area contributed by atoms with Gasteiger partial charge in [0.05, 0.1) is 6.61 Å². The van der Waals surface area contributed by atoms with Crippen LogP contribution in [-0.2, 0) is 16.1 Å². The van der Waals surface area contributed by atoms with Gasteiger partial charge in [0.25, 0.3) is 0 Å². The SMILES string of the molecule is C=C(C)c1ccc(COCCCCCCCCCCCCC(=O)Oc2ccc(C=CC(=O)c3ccccc3)cc2)cc1. The van der Waals surface area contributed by atoms with E-state index in [4.69, 9.17) is 9.47 Å². The highest BCUT2D eigenvalue weighted by atomic mass is 16.5. The Morgan fingerprint density at radius 2 is 1.29 bits per heavy atom. The van der Waals surface area contributed by atoms with Crippen molar-refractivity contribution in [2.24, 2.45) is 0 Å². The third kappa shape index (κ3) is 13.3. The van der Waals surface area contributed by atoms with E-state index in [-0.39, 0.29) is 11.8 Å². The van der Waals surface area contributed by atoms with Crippen LogP contribution in [-0.4, -0.2) is 18.4 Å². The molecule has 0 radical (unpaired) electrons. The summed E-state index contributed by atoms with van der Waals surface area (Å²) in [5, 5.41) is 0. The fraction of sp³-hybridized carbons (Fsp3) is 0.368. The molecule has 4 nitrogen and oxygen atoms in total. The maximum atomic E-state index is 12.2. The molecule has 0 fully saturated rings. The molecule has 0 heterocycles. The maximum absolute atomic E-state index is 12.2. The summed E-state index contributed by atoms with van der Waals surface area (Å²) in [5.74, 6) is 0.301. The van der Waals surface area contributed by atoms with Gasteiger partial charge in [-0.1, -0.05) is 136 Å². The van der Waals surface area contributed by atoms with Gasteiger partial charge in [0.15, 0.2) is 5.78 Å². The van der Waals surface area contributed by atoms with Crippen LogP contribution in [0, 0.1) is 0 Å². The molecular weight excluding hydrogens is 520 g/mol. The standard InChI is InChI=1S/C38H46O4/c1-31(2)34-24-19-33(20-25-34)30-41-29-15-10-8-6-4-3-5-7-9-14-18-38(40)42-36-26-21-32(22-27-36)23-28-37(39)35-16-12-11-13-17-35/h11-13,16-17,19-28H,1,3-10,14-15,18,29-30H2,2H3. The number of ether oxygens (including phenoxy) is 2. The largest absolute Gasteiger partial charge is 0.427 e. The molecule has 0 spiro atoms. The lowest BCUT2D eigenvalue weighted by Gasteiger charge is -2.06. The molecule has 0 amide bonds. The van der Waals surface area contributed by atoms with E-state index in [1.165, 1.54) is 49.7 Å². The number of rotatable bonds is 20. The molecule has 3 rings (SSSR count). The van der Waals surface area contributed by atoms with Crippen molar-refractivity contribution in [1.82, 2.24) is 0 Å². The lowest BCUT2D eigenvalue weighted by atomic mass is 10.1. The van der Waals surface area contributed by atoms with Crippen molar-refractivity contribution in [2.45, 2.75) is 84.2 Å². The van der Waals surface area contributed by atoms with Gasteiger partial charge in [-0.05, 0) is 54.7 Å². The minimum absolute atomic E-state index is 0.0410. The first kappa shape index (κ1) is 32.8. The second-order valence-corrected chi connectivity index (χ2v) is 10.9. The van der Waals surface area contributed by atoms with Gasteiger partial charge in [-0.3, -0.25) is 9.59 Å². The van der Waals surface area contributed by atoms with Crippen molar-refractivity contribution in [3.8, 4) is 5.75 Å². The first-order valence-electron chi connectivity index (χ1n) is 15.4. The van der Waals surface area contributed by atoms with Crippen LogP contribution in [0.25, 0.3) is 11.6 Å². The third-order valence-corrected chi connectivity index (χ3v) is 7.23. The summed E-state index contributed by atoms with van der Waals surface area (Å²) in [6.45, 7) is 7.50. The van der Waals surface area contributed by atoms with Gasteiger partial charge in [-0.2, -0.15) is 0 Å². The van der Waals surface area contributed by atoms with Gasteiger partial charge in [-0.15, -0.1) is 0 Å². The smallest absolute Gasteiger partial charge is 0.311 e. The molecule has 0 saturated heterocycles. The van der Waals surface area contributed by atoms with E-state index < -0.39 is 0 Å². The van der Waals surface area contributed by atoms with Crippen LogP contribution in [0.5, 0.6) is 5.75 Å². The first-order chi connectivity index (χ1) is 20.5. The van der Waals surface area contributed by atoms with Crippen LogP contribution in [0.1, 0.15) is 105 Å². The van der Waals surface area contributed by atoms with Gasteiger partial charge in [0.2, 0.25) is 0 Å². The molecule has 4 heteroatoms. The van der Waals surface area contributed by atoms with Crippen molar-refractivity contribution in [3.05, 3.63) is 114 Å². The fourth-order valence-corrected chi connectivity index (χ4v) is 4.66. The van der Waals surface area contributed by atoms with Crippen LogP contribution in [0.3, 0.4) is 0 Å². The summed E-state index contributed by atoms with van der Waals surface area (Å²) in [7, 11) is 0. The number of unbranched alkanes of at least 4 members (excludes halogenated alkanes) is 9. The lowest BCUT2D eigenvalue weighted by Crippen LogP contribution is -2.07. The van der Waals surface area contributed by atoms with E-state index in [2.05, 4.69) is 30.8 Å². The van der Waals surface area contributed by atoms with E-state index in [0.29, 0.717) is 24.3 Å². The zero-order chi connectivity index (χ0) is 29.8. The Kier molecular flexibility index (Phi) is 15.1. The molecule has 0 aromatic heterocycles. The van der Waals surface area contributed by atoms with E-state index in [9.17, 15) is 9.59 Å². The summed E-state index contributed by atoms with van der Waals surface area (Å²) in [4.78, 5) is 24.4. The Morgan fingerprint density at radius 3 is 1.90 bits per heavy atom. The van der Waals surface area contributed by atoms with Gasteiger partial charge in [0.1, 0.15) is 5.75 Å². The lowest BCUT2D eigenvalue weighted by molar-refractivity contribution is -0.134. The molecule has 0 aliphatic rings. The van der Waals surface area contributed by atoms with Gasteiger partial charge in [-0.25, -0.2) is 0 Å². The molecule has 222 valence electrons. The van der Waals surface area contributed by atoms with Crippen molar-refractivity contribution in [1.29, 1.82) is 0 Å². The fourth-order valence-electron chi connectivity index (χ4n) is 4.66. The second kappa shape index (κ2) is 19.4. The first-order valence-corrected chi connectivity index (χ1v) is 15.4. The topological polar surface area (TPSA) is 52.6 Å². The monoisotopic (exact) mass is 566 g/mol. The summed E-state index contributed by atoms with van der Waals surface area (Å²) in [6, 6.07) is 24.8. The Morgan fingerprint density at radius 1 is 0.690 bits per heavy atom. The molecule has 0 N–H and O–H groups in total. The number of carbonyl (C=O) groups is 2. The summed E-state index contributed by atoms with van der Waals surface area (Å²) in [5.41, 5.74) is 5.02. The van der Waals surface area contributed by atoms with Crippen LogP contribution >= 0.6 is 0 Å². The van der Waals surface area contributed by atoms with Crippen molar-refractivity contribution >= 4 is 23.4 Å². The van der Waals surface area contributed by atoms with Crippen LogP contribution in [0.2, 0.25) is 0 Å². The summed E-state index contributed by atoms with van der Waals surface area (Å²) in [6.07, 6.45) is 15.5. The molecule has 0 aliphatic carbocycles. The highest BCUT2D eigenvalue weighted by molar-refractivity contribution is 6.06. The molecule has 0 saturated carbocycles. The average molecular weight is 567 g/mol. The van der Waals surface area contributed by atoms with Crippen molar-refractivity contribution < 1.29 is 19.1 Å².